The van der Waals surface area contributed by atoms with Crippen molar-refractivity contribution in [2.24, 2.45) is 10.3 Å². The second-order valence-corrected chi connectivity index (χ2v) is 6.07. The molecule has 2 aliphatic rings. The Bertz CT molecular complexity index is 884. The van der Waals surface area contributed by atoms with Crippen molar-refractivity contribution in [3.8, 4) is 5.75 Å². The first-order chi connectivity index (χ1) is 12.1. The Labute approximate surface area is 148 Å². The summed E-state index contributed by atoms with van der Waals surface area (Å²) in [7, 11) is 1.53. The van der Waals surface area contributed by atoms with Crippen molar-refractivity contribution in [3.05, 3.63) is 53.6 Å². The number of carbonyl (C=O) groups is 2. The highest BCUT2D eigenvalue weighted by Gasteiger charge is 2.55. The molecule has 8 heteroatoms. The molecule has 1 fully saturated rings. The second-order valence-electron chi connectivity index (χ2n) is 5.63. The Morgan fingerprint density at radius 2 is 1.80 bits per heavy atom. The molecule has 2 aromatic carbocycles. The summed E-state index contributed by atoms with van der Waals surface area (Å²) in [6, 6.07) is 12.0. The van der Waals surface area contributed by atoms with E-state index in [1.165, 1.54) is 12.1 Å². The molecule has 2 aliphatic heterocycles. The van der Waals surface area contributed by atoms with Crippen LogP contribution < -0.4 is 14.6 Å². The maximum absolute atomic E-state index is 12.9. The molecule has 2 atom stereocenters. The SMILES string of the molecule is COc1cccc(N2C(=O)[C@H]3N=NN(c4ccc(Cl)cc4)[C@@H]3C2=O)c1. The van der Waals surface area contributed by atoms with Gasteiger partial charge in [0.2, 0.25) is 0 Å². The number of halogens is 1. The number of imide groups is 1. The highest BCUT2D eigenvalue weighted by atomic mass is 35.5. The third-order valence-electron chi connectivity index (χ3n) is 4.18. The minimum atomic E-state index is -0.852. The molecule has 0 bridgehead atoms. The number of ether oxygens (including phenoxy) is 1. The fraction of sp³-hybridized carbons (Fsp3) is 0.176. The molecule has 0 saturated carbocycles. The van der Waals surface area contributed by atoms with Crippen molar-refractivity contribution in [1.29, 1.82) is 0 Å². The zero-order chi connectivity index (χ0) is 17.6. The predicted molar refractivity (Wildman–Crippen MR) is 91.9 cm³/mol. The monoisotopic (exact) mass is 356 g/mol. The number of amides is 2. The van der Waals surface area contributed by atoms with Crippen LogP contribution in [0.15, 0.2) is 58.9 Å². The van der Waals surface area contributed by atoms with Gasteiger partial charge >= 0.3 is 0 Å². The van der Waals surface area contributed by atoms with Crippen LogP contribution in [0.2, 0.25) is 5.02 Å². The molecule has 2 heterocycles. The Morgan fingerprint density at radius 1 is 1.04 bits per heavy atom. The highest BCUT2D eigenvalue weighted by molar-refractivity contribution is 6.30. The fourth-order valence-electron chi connectivity index (χ4n) is 2.97. The fourth-order valence-corrected chi connectivity index (χ4v) is 3.10. The van der Waals surface area contributed by atoms with Gasteiger partial charge in [-0.1, -0.05) is 22.9 Å². The van der Waals surface area contributed by atoms with E-state index in [1.54, 1.807) is 48.5 Å². The van der Waals surface area contributed by atoms with E-state index in [-0.39, 0.29) is 5.91 Å². The third-order valence-corrected chi connectivity index (χ3v) is 4.44. The zero-order valence-electron chi connectivity index (χ0n) is 13.2. The van der Waals surface area contributed by atoms with Gasteiger partial charge in [0.25, 0.3) is 11.8 Å². The Kier molecular flexibility index (Phi) is 3.65. The minimum Gasteiger partial charge on any atom is -0.497 e. The van der Waals surface area contributed by atoms with E-state index in [4.69, 9.17) is 16.3 Å². The van der Waals surface area contributed by atoms with E-state index in [0.29, 0.717) is 22.1 Å². The first-order valence-electron chi connectivity index (χ1n) is 7.57. The van der Waals surface area contributed by atoms with Crippen LogP contribution in [0.5, 0.6) is 5.75 Å². The predicted octanol–water partition coefficient (Wildman–Crippen LogP) is 2.85. The molecule has 2 amide bonds. The lowest BCUT2D eigenvalue weighted by Gasteiger charge is -2.20. The third kappa shape index (κ3) is 2.44. The van der Waals surface area contributed by atoms with Gasteiger partial charge in [0.1, 0.15) is 5.75 Å². The van der Waals surface area contributed by atoms with E-state index >= 15 is 0 Å². The maximum Gasteiger partial charge on any atom is 0.263 e. The standard InChI is InChI=1S/C17H13ClN4O3/c1-25-13-4-2-3-12(9-13)21-16(23)14-15(17(21)24)22(20-19-14)11-7-5-10(18)6-8-11/h2-9,14-15H,1H3/t14-,15-/m0/s1. The summed E-state index contributed by atoms with van der Waals surface area (Å²) in [5, 5.41) is 10.0. The topological polar surface area (TPSA) is 74.6 Å². The largest absolute Gasteiger partial charge is 0.497 e. The van der Waals surface area contributed by atoms with Gasteiger partial charge in [-0.2, -0.15) is 5.11 Å². The van der Waals surface area contributed by atoms with Crippen molar-refractivity contribution in [2.45, 2.75) is 12.1 Å². The molecule has 0 aliphatic carbocycles. The van der Waals surface area contributed by atoms with E-state index in [1.807, 2.05) is 0 Å². The number of methoxy groups -OCH3 is 1. The lowest BCUT2D eigenvalue weighted by atomic mass is 10.1. The molecular weight excluding hydrogens is 344 g/mol. The number of rotatable bonds is 3. The smallest absolute Gasteiger partial charge is 0.263 e. The number of anilines is 2. The van der Waals surface area contributed by atoms with E-state index < -0.39 is 18.0 Å². The molecule has 2 aromatic rings. The van der Waals surface area contributed by atoms with Crippen LogP contribution in [-0.2, 0) is 9.59 Å². The van der Waals surface area contributed by atoms with Crippen LogP contribution in [0.4, 0.5) is 11.4 Å². The molecule has 126 valence electrons. The van der Waals surface area contributed by atoms with Gasteiger partial charge in [-0.15, -0.1) is 0 Å². The maximum atomic E-state index is 12.9. The average Bonchev–Trinajstić information content (AvgIpc) is 3.16. The Hall–Kier alpha value is -2.93. The lowest BCUT2D eigenvalue weighted by molar-refractivity contribution is -0.121. The molecule has 0 spiro atoms. The molecular formula is C17H13ClN4O3. The van der Waals surface area contributed by atoms with Gasteiger partial charge in [-0.05, 0) is 36.4 Å². The molecule has 1 saturated heterocycles. The van der Waals surface area contributed by atoms with Crippen molar-refractivity contribution < 1.29 is 14.3 Å². The van der Waals surface area contributed by atoms with Crippen molar-refractivity contribution in [2.75, 3.05) is 17.0 Å². The van der Waals surface area contributed by atoms with Gasteiger partial charge in [0.15, 0.2) is 12.1 Å². The molecule has 0 radical (unpaired) electrons. The second kappa shape index (κ2) is 5.86. The van der Waals surface area contributed by atoms with E-state index in [2.05, 4.69) is 10.3 Å². The summed E-state index contributed by atoms with van der Waals surface area (Å²) >= 11 is 5.90. The zero-order valence-corrected chi connectivity index (χ0v) is 13.9. The number of hydrogen-bond donors (Lipinski definition) is 0. The number of carbonyl (C=O) groups excluding carboxylic acids is 2. The lowest BCUT2D eigenvalue weighted by Crippen LogP contribution is -2.39. The molecule has 7 nitrogen and oxygen atoms in total. The van der Waals surface area contributed by atoms with Crippen molar-refractivity contribution in [1.82, 2.24) is 0 Å². The van der Waals surface area contributed by atoms with Crippen LogP contribution in [0.25, 0.3) is 0 Å². The summed E-state index contributed by atoms with van der Waals surface area (Å²) in [5.41, 5.74) is 1.10. The molecule has 0 N–H and O–H groups in total. The van der Waals surface area contributed by atoms with Gasteiger partial charge < -0.3 is 4.74 Å². The summed E-state index contributed by atoms with van der Waals surface area (Å²) < 4.78 is 5.17. The van der Waals surface area contributed by atoms with Crippen molar-refractivity contribution >= 4 is 34.8 Å². The molecule has 25 heavy (non-hydrogen) atoms. The van der Waals surface area contributed by atoms with Crippen LogP contribution in [-0.4, -0.2) is 31.0 Å². The Morgan fingerprint density at radius 3 is 2.52 bits per heavy atom. The van der Waals surface area contributed by atoms with Crippen LogP contribution in [0.3, 0.4) is 0 Å². The molecule has 0 unspecified atom stereocenters. The molecule has 0 aromatic heterocycles. The normalized spacial score (nSPS) is 21.8. The van der Waals surface area contributed by atoms with Gasteiger partial charge in [-0.3, -0.25) is 9.59 Å². The van der Waals surface area contributed by atoms with Gasteiger partial charge in [0.05, 0.1) is 18.5 Å². The van der Waals surface area contributed by atoms with E-state index in [9.17, 15) is 9.59 Å². The summed E-state index contributed by atoms with van der Waals surface area (Å²) in [5.74, 6) is -0.210. The van der Waals surface area contributed by atoms with Crippen LogP contribution in [0.1, 0.15) is 0 Å². The minimum absolute atomic E-state index is 0.372. The van der Waals surface area contributed by atoms with Crippen LogP contribution in [0, 0.1) is 0 Å². The summed E-state index contributed by atoms with van der Waals surface area (Å²) in [4.78, 5) is 26.8. The number of benzene rings is 2. The average molecular weight is 357 g/mol. The van der Waals surface area contributed by atoms with Crippen LogP contribution >= 0.6 is 11.6 Å². The summed E-state index contributed by atoms with van der Waals surface area (Å²) in [6.07, 6.45) is 0. The van der Waals surface area contributed by atoms with Crippen molar-refractivity contribution in [3.63, 3.8) is 0 Å². The quantitative estimate of drug-likeness (QED) is 0.792. The van der Waals surface area contributed by atoms with E-state index in [0.717, 1.165) is 4.90 Å². The number of fused-ring (bicyclic) bond motifs is 1. The first kappa shape index (κ1) is 15.6. The number of hydrogen-bond acceptors (Lipinski definition) is 6. The Balaban J connectivity index is 1.69. The number of nitrogens with zero attached hydrogens (tertiary/aromatic N) is 4. The highest BCUT2D eigenvalue weighted by Crippen LogP contribution is 2.35. The molecule has 4 rings (SSSR count). The van der Waals surface area contributed by atoms with Gasteiger partial charge in [0, 0.05) is 11.1 Å². The van der Waals surface area contributed by atoms with Gasteiger partial charge in [-0.25, -0.2) is 9.91 Å². The first-order valence-corrected chi connectivity index (χ1v) is 7.95. The summed E-state index contributed by atoms with van der Waals surface area (Å²) in [6.45, 7) is 0.